The van der Waals surface area contributed by atoms with Crippen LogP contribution in [-0.4, -0.2) is 39.2 Å². The van der Waals surface area contributed by atoms with Gasteiger partial charge in [0.25, 0.3) is 5.91 Å². The lowest BCUT2D eigenvalue weighted by atomic mass is 10.1. The van der Waals surface area contributed by atoms with E-state index in [2.05, 4.69) is 10.6 Å². The first-order valence-corrected chi connectivity index (χ1v) is 7.93. The number of ether oxygens (including phenoxy) is 2. The number of amides is 2. The molecule has 2 amide bonds. The van der Waals surface area contributed by atoms with Crippen LogP contribution in [0, 0.1) is 0 Å². The maximum atomic E-state index is 12.3. The minimum atomic E-state index is -0.248. The van der Waals surface area contributed by atoms with E-state index in [0.29, 0.717) is 30.2 Å². The minimum Gasteiger partial charge on any atom is -0.496 e. The Morgan fingerprint density at radius 1 is 1.00 bits per heavy atom. The molecule has 6 heteroatoms. The molecule has 25 heavy (non-hydrogen) atoms. The predicted molar refractivity (Wildman–Crippen MR) is 96.0 cm³/mol. The van der Waals surface area contributed by atoms with Gasteiger partial charge in [-0.3, -0.25) is 9.59 Å². The van der Waals surface area contributed by atoms with Gasteiger partial charge in [0, 0.05) is 19.3 Å². The number of hydrogen-bond donors (Lipinski definition) is 2. The summed E-state index contributed by atoms with van der Waals surface area (Å²) in [6, 6.07) is 14.2. The molecule has 0 unspecified atom stereocenters. The fourth-order valence-corrected chi connectivity index (χ4v) is 2.28. The van der Waals surface area contributed by atoms with Crippen LogP contribution in [0.1, 0.15) is 15.9 Å². The Hall–Kier alpha value is -2.86. The van der Waals surface area contributed by atoms with Crippen molar-refractivity contribution in [3.05, 3.63) is 59.7 Å². The Labute approximate surface area is 147 Å². The number of methoxy groups -OCH3 is 2. The molecule has 2 aromatic carbocycles. The highest BCUT2D eigenvalue weighted by Gasteiger charge is 2.11. The van der Waals surface area contributed by atoms with Gasteiger partial charge in [-0.05, 0) is 29.8 Å². The molecule has 0 radical (unpaired) electrons. The van der Waals surface area contributed by atoms with Crippen molar-refractivity contribution < 1.29 is 19.1 Å². The summed E-state index contributed by atoms with van der Waals surface area (Å²) in [7, 11) is 3.11. The first-order chi connectivity index (χ1) is 12.1. The first kappa shape index (κ1) is 18.5. The zero-order valence-corrected chi connectivity index (χ0v) is 14.4. The fraction of sp³-hybridized carbons (Fsp3) is 0.263. The lowest BCUT2D eigenvalue weighted by Crippen LogP contribution is -2.28. The Morgan fingerprint density at radius 2 is 1.72 bits per heavy atom. The summed E-state index contributed by atoms with van der Waals surface area (Å²) in [5, 5.41) is 5.58. The largest absolute Gasteiger partial charge is 0.496 e. The number of benzene rings is 2. The number of para-hydroxylation sites is 1. The average Bonchev–Trinajstić information content (AvgIpc) is 2.63. The van der Waals surface area contributed by atoms with E-state index in [0.717, 1.165) is 5.56 Å². The number of anilines is 1. The molecule has 0 heterocycles. The quantitative estimate of drug-likeness (QED) is 0.722. The molecule has 0 saturated heterocycles. The Kier molecular flexibility index (Phi) is 6.98. The van der Waals surface area contributed by atoms with Crippen LogP contribution in [-0.2, 0) is 16.0 Å². The number of rotatable bonds is 8. The summed E-state index contributed by atoms with van der Waals surface area (Å²) in [4.78, 5) is 24.1. The summed E-state index contributed by atoms with van der Waals surface area (Å²) in [5.74, 6) is 0.203. The van der Waals surface area contributed by atoms with Crippen molar-refractivity contribution >= 4 is 17.5 Å². The van der Waals surface area contributed by atoms with Gasteiger partial charge in [-0.2, -0.15) is 0 Å². The highest BCUT2D eigenvalue weighted by atomic mass is 16.5. The van der Waals surface area contributed by atoms with Gasteiger partial charge in [-0.15, -0.1) is 0 Å². The van der Waals surface area contributed by atoms with Gasteiger partial charge in [0.2, 0.25) is 5.91 Å². The summed E-state index contributed by atoms with van der Waals surface area (Å²) in [5.41, 5.74) is 1.98. The van der Waals surface area contributed by atoms with Gasteiger partial charge in [-0.25, -0.2) is 0 Å². The molecular formula is C19H22N2O4. The summed E-state index contributed by atoms with van der Waals surface area (Å²) >= 11 is 0. The molecule has 6 nitrogen and oxygen atoms in total. The average molecular weight is 342 g/mol. The molecule has 0 spiro atoms. The molecule has 2 N–H and O–H groups in total. The second kappa shape index (κ2) is 9.44. The molecule has 132 valence electrons. The van der Waals surface area contributed by atoms with E-state index in [4.69, 9.17) is 9.47 Å². The maximum Gasteiger partial charge on any atom is 0.259 e. The normalized spacial score (nSPS) is 10.2. The predicted octanol–water partition coefficient (Wildman–Crippen LogP) is 2.25. The number of carbonyl (C=O) groups excluding carboxylic acids is 2. The Morgan fingerprint density at radius 3 is 2.40 bits per heavy atom. The zero-order chi connectivity index (χ0) is 18.1. The van der Waals surface area contributed by atoms with Crippen LogP contribution in [0.15, 0.2) is 48.5 Å². The summed E-state index contributed by atoms with van der Waals surface area (Å²) in [6.07, 6.45) is 0.282. The molecule has 0 aliphatic heterocycles. The Balaban J connectivity index is 1.93. The first-order valence-electron chi connectivity index (χ1n) is 7.93. The van der Waals surface area contributed by atoms with Crippen molar-refractivity contribution in [3.63, 3.8) is 0 Å². The van der Waals surface area contributed by atoms with E-state index < -0.39 is 0 Å². The third-order valence-electron chi connectivity index (χ3n) is 3.56. The van der Waals surface area contributed by atoms with Gasteiger partial charge >= 0.3 is 0 Å². The zero-order valence-electron chi connectivity index (χ0n) is 14.4. The van der Waals surface area contributed by atoms with Crippen LogP contribution in [0.25, 0.3) is 0 Å². The van der Waals surface area contributed by atoms with Crippen LogP contribution in [0.2, 0.25) is 0 Å². The summed E-state index contributed by atoms with van der Waals surface area (Å²) < 4.78 is 10.1. The second-order valence-corrected chi connectivity index (χ2v) is 5.37. The van der Waals surface area contributed by atoms with E-state index in [-0.39, 0.29) is 18.2 Å². The molecule has 0 atom stereocenters. The van der Waals surface area contributed by atoms with Crippen molar-refractivity contribution in [3.8, 4) is 5.75 Å². The highest BCUT2D eigenvalue weighted by molar-refractivity contribution is 6.06. The topological polar surface area (TPSA) is 76.7 Å². The van der Waals surface area contributed by atoms with Crippen molar-refractivity contribution in [1.29, 1.82) is 0 Å². The molecule has 2 aromatic rings. The van der Waals surface area contributed by atoms with Crippen LogP contribution in [0.5, 0.6) is 5.75 Å². The molecule has 0 fully saturated rings. The minimum absolute atomic E-state index is 0.0668. The van der Waals surface area contributed by atoms with Gasteiger partial charge < -0.3 is 20.1 Å². The highest BCUT2D eigenvalue weighted by Crippen LogP contribution is 2.19. The van der Waals surface area contributed by atoms with Crippen LogP contribution in [0.3, 0.4) is 0 Å². The monoisotopic (exact) mass is 342 g/mol. The Bertz CT molecular complexity index is 714. The number of carbonyl (C=O) groups is 2. The van der Waals surface area contributed by atoms with E-state index in [9.17, 15) is 9.59 Å². The van der Waals surface area contributed by atoms with Gasteiger partial charge in [0.1, 0.15) is 5.75 Å². The molecule has 0 aromatic heterocycles. The van der Waals surface area contributed by atoms with Gasteiger partial charge in [0.05, 0.1) is 25.7 Å². The number of hydrogen-bond acceptors (Lipinski definition) is 4. The van der Waals surface area contributed by atoms with Crippen molar-refractivity contribution in [2.75, 3.05) is 32.7 Å². The smallest absolute Gasteiger partial charge is 0.259 e. The lowest BCUT2D eigenvalue weighted by molar-refractivity contribution is -0.120. The molecule has 0 aliphatic carbocycles. The van der Waals surface area contributed by atoms with E-state index in [1.54, 1.807) is 37.4 Å². The SMILES string of the molecule is COCCNC(=O)Cc1ccc(NC(=O)c2ccccc2OC)cc1. The van der Waals surface area contributed by atoms with Crippen molar-refractivity contribution in [2.45, 2.75) is 6.42 Å². The summed E-state index contributed by atoms with van der Waals surface area (Å²) in [6.45, 7) is 0.974. The maximum absolute atomic E-state index is 12.3. The van der Waals surface area contributed by atoms with Crippen LogP contribution in [0.4, 0.5) is 5.69 Å². The van der Waals surface area contributed by atoms with E-state index in [1.165, 1.54) is 7.11 Å². The van der Waals surface area contributed by atoms with Crippen LogP contribution < -0.4 is 15.4 Å². The number of nitrogens with one attached hydrogen (secondary N) is 2. The molecule has 0 saturated carbocycles. The molecule has 2 rings (SSSR count). The van der Waals surface area contributed by atoms with Crippen LogP contribution >= 0.6 is 0 Å². The molecule has 0 aliphatic rings. The molecule has 0 bridgehead atoms. The van der Waals surface area contributed by atoms with Crippen molar-refractivity contribution in [1.82, 2.24) is 5.32 Å². The van der Waals surface area contributed by atoms with E-state index in [1.807, 2.05) is 18.2 Å². The third-order valence-corrected chi connectivity index (χ3v) is 3.56. The standard InChI is InChI=1S/C19H22N2O4/c1-24-12-11-20-18(22)13-14-7-9-15(10-8-14)21-19(23)16-5-3-4-6-17(16)25-2/h3-10H,11-13H2,1-2H3,(H,20,22)(H,21,23). The lowest BCUT2D eigenvalue weighted by Gasteiger charge is -2.10. The third kappa shape index (κ3) is 5.61. The van der Waals surface area contributed by atoms with Crippen molar-refractivity contribution in [2.24, 2.45) is 0 Å². The van der Waals surface area contributed by atoms with Gasteiger partial charge in [0.15, 0.2) is 0 Å². The van der Waals surface area contributed by atoms with E-state index >= 15 is 0 Å². The second-order valence-electron chi connectivity index (χ2n) is 5.37. The molecular weight excluding hydrogens is 320 g/mol. The van der Waals surface area contributed by atoms with Gasteiger partial charge in [-0.1, -0.05) is 24.3 Å². The fourth-order valence-electron chi connectivity index (χ4n) is 2.28.